The molecule has 3 aromatic carbocycles. The number of nitrogens with zero attached hydrogens (tertiary/aromatic N) is 3. The smallest absolute Gasteiger partial charge is 0.234 e. The number of aromatic nitrogens is 3. The largest absolute Gasteiger partial charge is 0.485 e. The second kappa shape index (κ2) is 10.4. The molecule has 0 radical (unpaired) electrons. The van der Waals surface area contributed by atoms with E-state index in [1.165, 1.54) is 11.8 Å². The molecule has 1 aromatic heterocycles. The minimum absolute atomic E-state index is 0.100. The number of anilines is 1. The first-order chi connectivity index (χ1) is 16.0. The maximum absolute atomic E-state index is 12.5. The number of allylic oxidation sites excluding steroid dienone is 1. The highest BCUT2D eigenvalue weighted by Crippen LogP contribution is 2.23. The summed E-state index contributed by atoms with van der Waals surface area (Å²) in [5.41, 5.74) is 2.97. The summed E-state index contributed by atoms with van der Waals surface area (Å²) in [4.78, 5) is 12.5. The van der Waals surface area contributed by atoms with Crippen LogP contribution in [-0.4, -0.2) is 26.4 Å². The fourth-order valence-corrected chi connectivity index (χ4v) is 4.21. The van der Waals surface area contributed by atoms with Crippen molar-refractivity contribution < 1.29 is 9.53 Å². The van der Waals surface area contributed by atoms with Gasteiger partial charge < -0.3 is 10.1 Å². The van der Waals surface area contributed by atoms with Crippen molar-refractivity contribution in [1.82, 2.24) is 14.8 Å². The molecule has 0 saturated heterocycles. The lowest BCUT2D eigenvalue weighted by Crippen LogP contribution is -2.15. The van der Waals surface area contributed by atoms with Crippen molar-refractivity contribution in [3.05, 3.63) is 90.3 Å². The standard InChI is InChI=1S/C26H26N4O2S/c1-4-13-30-24(16-32-23-14-18(2)9-10-19(23)3)28-29-26(30)33-17-25(31)27-22-12-11-20-7-5-6-8-21(20)15-22/h4-12,14-15H,1,13,16-17H2,2-3H3,(H,27,31). The number of hydrogen-bond donors (Lipinski definition) is 1. The van der Waals surface area contributed by atoms with E-state index < -0.39 is 0 Å². The van der Waals surface area contributed by atoms with E-state index in [4.69, 9.17) is 4.74 Å². The van der Waals surface area contributed by atoms with Gasteiger partial charge in [0.25, 0.3) is 0 Å². The molecule has 0 aliphatic rings. The first-order valence-corrected chi connectivity index (χ1v) is 11.7. The van der Waals surface area contributed by atoms with Gasteiger partial charge in [-0.1, -0.05) is 60.3 Å². The summed E-state index contributed by atoms with van der Waals surface area (Å²) in [6.07, 6.45) is 1.78. The van der Waals surface area contributed by atoms with Crippen LogP contribution in [0.1, 0.15) is 17.0 Å². The summed E-state index contributed by atoms with van der Waals surface area (Å²) in [6.45, 7) is 8.70. The Balaban J connectivity index is 1.39. The second-order valence-electron chi connectivity index (χ2n) is 7.75. The molecule has 4 rings (SSSR count). The summed E-state index contributed by atoms with van der Waals surface area (Å²) in [5.74, 6) is 1.64. The maximum atomic E-state index is 12.5. The average molecular weight is 459 g/mol. The highest BCUT2D eigenvalue weighted by atomic mass is 32.2. The molecule has 4 aromatic rings. The third-order valence-electron chi connectivity index (χ3n) is 5.17. The lowest BCUT2D eigenvalue weighted by atomic mass is 10.1. The lowest BCUT2D eigenvalue weighted by Gasteiger charge is -2.11. The van der Waals surface area contributed by atoms with Gasteiger partial charge in [-0.25, -0.2) is 0 Å². The number of carbonyl (C=O) groups excluding carboxylic acids is 1. The Morgan fingerprint density at radius 3 is 2.73 bits per heavy atom. The molecular formula is C26H26N4O2S. The average Bonchev–Trinajstić information content (AvgIpc) is 3.20. The lowest BCUT2D eigenvalue weighted by molar-refractivity contribution is -0.113. The number of thioether (sulfide) groups is 1. The highest BCUT2D eigenvalue weighted by molar-refractivity contribution is 7.99. The van der Waals surface area contributed by atoms with Gasteiger partial charge in [0.05, 0.1) is 5.75 Å². The molecule has 0 spiro atoms. The molecule has 168 valence electrons. The first kappa shape index (κ1) is 22.6. The van der Waals surface area contributed by atoms with E-state index in [1.54, 1.807) is 6.08 Å². The number of carbonyl (C=O) groups is 1. The van der Waals surface area contributed by atoms with Crippen LogP contribution in [0.4, 0.5) is 5.69 Å². The van der Waals surface area contributed by atoms with Gasteiger partial charge in [0.15, 0.2) is 11.0 Å². The number of ether oxygens (including phenoxy) is 1. The van der Waals surface area contributed by atoms with Crippen molar-refractivity contribution in [2.24, 2.45) is 0 Å². The van der Waals surface area contributed by atoms with Crippen LogP contribution in [-0.2, 0) is 17.9 Å². The van der Waals surface area contributed by atoms with E-state index in [2.05, 4.69) is 28.2 Å². The van der Waals surface area contributed by atoms with E-state index in [0.29, 0.717) is 17.5 Å². The monoisotopic (exact) mass is 458 g/mol. The van der Waals surface area contributed by atoms with Gasteiger partial charge in [-0.2, -0.15) is 0 Å². The second-order valence-corrected chi connectivity index (χ2v) is 8.70. The molecule has 0 fully saturated rings. The molecule has 0 saturated carbocycles. The van der Waals surface area contributed by atoms with Crippen LogP contribution in [0.25, 0.3) is 10.8 Å². The molecule has 1 amide bonds. The van der Waals surface area contributed by atoms with Crippen LogP contribution in [0.3, 0.4) is 0 Å². The van der Waals surface area contributed by atoms with Crippen LogP contribution in [0.5, 0.6) is 5.75 Å². The Morgan fingerprint density at radius 1 is 1.09 bits per heavy atom. The number of fused-ring (bicyclic) bond motifs is 1. The van der Waals surface area contributed by atoms with Crippen LogP contribution < -0.4 is 10.1 Å². The minimum atomic E-state index is -0.100. The molecule has 0 unspecified atom stereocenters. The first-order valence-electron chi connectivity index (χ1n) is 10.7. The molecule has 1 heterocycles. The summed E-state index contributed by atoms with van der Waals surface area (Å²) < 4.78 is 7.92. The normalized spacial score (nSPS) is 10.8. The van der Waals surface area contributed by atoms with Gasteiger partial charge in [-0.3, -0.25) is 9.36 Å². The van der Waals surface area contributed by atoms with E-state index in [-0.39, 0.29) is 18.3 Å². The number of benzene rings is 3. The highest BCUT2D eigenvalue weighted by Gasteiger charge is 2.15. The molecule has 0 aliphatic heterocycles. The molecule has 0 aliphatic carbocycles. The van der Waals surface area contributed by atoms with E-state index in [0.717, 1.165) is 33.3 Å². The Kier molecular flexibility index (Phi) is 7.10. The van der Waals surface area contributed by atoms with Gasteiger partial charge in [0.1, 0.15) is 12.4 Å². The van der Waals surface area contributed by atoms with Crippen molar-refractivity contribution in [3.63, 3.8) is 0 Å². The van der Waals surface area contributed by atoms with Crippen LogP contribution >= 0.6 is 11.8 Å². The summed E-state index contributed by atoms with van der Waals surface area (Å²) in [7, 11) is 0. The van der Waals surface area contributed by atoms with Crippen molar-refractivity contribution in [1.29, 1.82) is 0 Å². The van der Waals surface area contributed by atoms with Crippen molar-refractivity contribution in [3.8, 4) is 5.75 Å². The Hall–Kier alpha value is -3.58. The van der Waals surface area contributed by atoms with Crippen LogP contribution in [0, 0.1) is 13.8 Å². The van der Waals surface area contributed by atoms with E-state index in [1.807, 2.05) is 73.0 Å². The quantitative estimate of drug-likeness (QED) is 0.263. The summed E-state index contributed by atoms with van der Waals surface area (Å²) in [6, 6.07) is 20.0. The molecule has 0 atom stereocenters. The van der Waals surface area contributed by atoms with Crippen molar-refractivity contribution in [2.45, 2.75) is 32.2 Å². The fourth-order valence-electron chi connectivity index (χ4n) is 3.44. The van der Waals surface area contributed by atoms with Crippen LogP contribution in [0.15, 0.2) is 78.5 Å². The van der Waals surface area contributed by atoms with Crippen molar-refractivity contribution >= 4 is 34.1 Å². The van der Waals surface area contributed by atoms with Crippen LogP contribution in [0.2, 0.25) is 0 Å². The zero-order valence-electron chi connectivity index (χ0n) is 18.7. The number of aryl methyl sites for hydroxylation is 2. The third kappa shape index (κ3) is 5.62. The molecule has 7 heteroatoms. The molecule has 1 N–H and O–H groups in total. The molecule has 6 nitrogen and oxygen atoms in total. The van der Waals surface area contributed by atoms with Gasteiger partial charge in [0, 0.05) is 12.2 Å². The fraction of sp³-hybridized carbons (Fsp3) is 0.192. The van der Waals surface area contributed by atoms with Crippen molar-refractivity contribution in [2.75, 3.05) is 11.1 Å². The van der Waals surface area contributed by atoms with E-state index >= 15 is 0 Å². The molecule has 0 bridgehead atoms. The topological polar surface area (TPSA) is 69.0 Å². The summed E-state index contributed by atoms with van der Waals surface area (Å²) >= 11 is 1.34. The SMILES string of the molecule is C=CCn1c(COc2cc(C)ccc2C)nnc1SCC(=O)Nc1ccc2ccccc2c1. The zero-order chi connectivity index (χ0) is 23.2. The third-order valence-corrected chi connectivity index (χ3v) is 6.14. The van der Waals surface area contributed by atoms with Gasteiger partial charge in [-0.15, -0.1) is 16.8 Å². The molecular weight excluding hydrogens is 432 g/mol. The predicted molar refractivity (Wildman–Crippen MR) is 134 cm³/mol. The Labute approximate surface area is 197 Å². The van der Waals surface area contributed by atoms with Gasteiger partial charge in [0.2, 0.25) is 5.91 Å². The zero-order valence-corrected chi connectivity index (χ0v) is 19.6. The number of nitrogens with one attached hydrogen (secondary N) is 1. The Bertz CT molecular complexity index is 1300. The number of rotatable bonds is 9. The Morgan fingerprint density at radius 2 is 1.91 bits per heavy atom. The number of amides is 1. The summed E-state index contributed by atoms with van der Waals surface area (Å²) in [5, 5.41) is 14.4. The predicted octanol–water partition coefficient (Wildman–Crippen LogP) is 5.54. The minimum Gasteiger partial charge on any atom is -0.485 e. The number of hydrogen-bond acceptors (Lipinski definition) is 5. The van der Waals surface area contributed by atoms with Gasteiger partial charge in [-0.05, 0) is 53.9 Å². The van der Waals surface area contributed by atoms with E-state index in [9.17, 15) is 4.79 Å². The maximum Gasteiger partial charge on any atom is 0.234 e. The van der Waals surface area contributed by atoms with Gasteiger partial charge >= 0.3 is 0 Å². The molecule has 33 heavy (non-hydrogen) atoms.